The third-order valence-electron chi connectivity index (χ3n) is 1.86. The summed E-state index contributed by atoms with van der Waals surface area (Å²) >= 11 is 0. The molecule has 0 heterocycles. The fourth-order valence-corrected chi connectivity index (χ4v) is 1.22. The molecular formula is C9H20O. The van der Waals surface area contributed by atoms with Gasteiger partial charge in [0.05, 0.1) is 5.60 Å². The lowest BCUT2D eigenvalue weighted by Crippen LogP contribution is -2.23. The van der Waals surface area contributed by atoms with Crippen LogP contribution in [0.2, 0.25) is 0 Å². The maximum Gasteiger partial charge on any atom is 0.0619 e. The highest BCUT2D eigenvalue weighted by Crippen LogP contribution is 2.18. The van der Waals surface area contributed by atoms with Gasteiger partial charge in [-0.2, -0.15) is 0 Å². The average Bonchev–Trinajstić information content (AvgIpc) is 1.84. The Morgan fingerprint density at radius 3 is 2.10 bits per heavy atom. The van der Waals surface area contributed by atoms with Gasteiger partial charge in [-0.3, -0.25) is 0 Å². The molecule has 0 aromatic carbocycles. The van der Waals surface area contributed by atoms with E-state index in [1.165, 1.54) is 6.42 Å². The molecule has 0 rings (SSSR count). The monoisotopic (exact) mass is 144 g/mol. The molecule has 0 unspecified atom stereocenters. The van der Waals surface area contributed by atoms with E-state index in [1.54, 1.807) is 0 Å². The van der Waals surface area contributed by atoms with Crippen LogP contribution in [0.1, 0.15) is 52.9 Å². The summed E-state index contributed by atoms with van der Waals surface area (Å²) < 4.78 is 0. The highest BCUT2D eigenvalue weighted by molar-refractivity contribution is 4.70. The van der Waals surface area contributed by atoms with Crippen molar-refractivity contribution in [3.63, 3.8) is 0 Å². The minimum Gasteiger partial charge on any atom is -0.390 e. The number of hydrogen-bond donors (Lipinski definition) is 1. The second-order valence-corrected chi connectivity index (χ2v) is 3.35. The van der Waals surface area contributed by atoms with Gasteiger partial charge in [-0.15, -0.1) is 0 Å². The molecule has 0 amide bonds. The van der Waals surface area contributed by atoms with Crippen molar-refractivity contribution in [2.24, 2.45) is 0 Å². The Morgan fingerprint density at radius 2 is 1.70 bits per heavy atom. The van der Waals surface area contributed by atoms with Crippen LogP contribution in [0.4, 0.5) is 0 Å². The SMILES string of the molecule is CCCC[C@](C)(O)CCC. The van der Waals surface area contributed by atoms with Crippen molar-refractivity contribution < 1.29 is 5.11 Å². The zero-order chi connectivity index (χ0) is 8.04. The molecule has 62 valence electrons. The molecule has 0 aliphatic heterocycles. The molecule has 0 fully saturated rings. The first-order valence-electron chi connectivity index (χ1n) is 4.34. The molecule has 0 aliphatic rings. The Bertz CT molecular complexity index is 76.8. The van der Waals surface area contributed by atoms with E-state index in [4.69, 9.17) is 0 Å². The van der Waals surface area contributed by atoms with Crippen LogP contribution in [0.5, 0.6) is 0 Å². The fourth-order valence-electron chi connectivity index (χ4n) is 1.22. The largest absolute Gasteiger partial charge is 0.390 e. The van der Waals surface area contributed by atoms with Gasteiger partial charge in [-0.1, -0.05) is 33.1 Å². The number of hydrogen-bond acceptors (Lipinski definition) is 1. The lowest BCUT2D eigenvalue weighted by atomic mass is 9.94. The molecule has 0 bridgehead atoms. The Balaban J connectivity index is 3.42. The van der Waals surface area contributed by atoms with Crippen molar-refractivity contribution >= 4 is 0 Å². The summed E-state index contributed by atoms with van der Waals surface area (Å²) in [6.07, 6.45) is 5.30. The summed E-state index contributed by atoms with van der Waals surface area (Å²) in [6.45, 7) is 6.20. The molecule has 0 spiro atoms. The van der Waals surface area contributed by atoms with E-state index in [9.17, 15) is 5.11 Å². The van der Waals surface area contributed by atoms with Crippen molar-refractivity contribution in [3.8, 4) is 0 Å². The van der Waals surface area contributed by atoms with Gasteiger partial charge in [-0.25, -0.2) is 0 Å². The highest BCUT2D eigenvalue weighted by atomic mass is 16.3. The van der Waals surface area contributed by atoms with Gasteiger partial charge in [-0.05, 0) is 19.8 Å². The smallest absolute Gasteiger partial charge is 0.0619 e. The quantitative estimate of drug-likeness (QED) is 0.629. The summed E-state index contributed by atoms with van der Waals surface area (Å²) in [5.74, 6) is 0. The van der Waals surface area contributed by atoms with Crippen LogP contribution in [0.15, 0.2) is 0 Å². The van der Waals surface area contributed by atoms with E-state index in [2.05, 4.69) is 13.8 Å². The first-order valence-corrected chi connectivity index (χ1v) is 4.34. The Morgan fingerprint density at radius 1 is 1.10 bits per heavy atom. The Hall–Kier alpha value is -0.0400. The minimum atomic E-state index is -0.398. The predicted octanol–water partition coefficient (Wildman–Crippen LogP) is 2.73. The Labute approximate surface area is 64.5 Å². The van der Waals surface area contributed by atoms with E-state index in [0.29, 0.717) is 0 Å². The minimum absolute atomic E-state index is 0.398. The van der Waals surface area contributed by atoms with Crippen molar-refractivity contribution in [1.82, 2.24) is 0 Å². The molecule has 0 aromatic rings. The average molecular weight is 144 g/mol. The zero-order valence-corrected chi connectivity index (χ0v) is 7.48. The van der Waals surface area contributed by atoms with Crippen LogP contribution < -0.4 is 0 Å². The molecule has 1 atom stereocenters. The van der Waals surface area contributed by atoms with Gasteiger partial charge in [0.2, 0.25) is 0 Å². The molecular weight excluding hydrogens is 124 g/mol. The van der Waals surface area contributed by atoms with Crippen molar-refractivity contribution in [3.05, 3.63) is 0 Å². The van der Waals surface area contributed by atoms with Crippen molar-refractivity contribution in [2.75, 3.05) is 0 Å². The van der Waals surface area contributed by atoms with E-state index >= 15 is 0 Å². The zero-order valence-electron chi connectivity index (χ0n) is 7.48. The van der Waals surface area contributed by atoms with Crippen LogP contribution in [-0.2, 0) is 0 Å². The van der Waals surface area contributed by atoms with Gasteiger partial charge in [0.15, 0.2) is 0 Å². The first-order chi connectivity index (χ1) is 4.62. The number of rotatable bonds is 5. The standard InChI is InChI=1S/C9H20O/c1-4-6-8-9(3,10)7-5-2/h10H,4-8H2,1-3H3/t9-/m1/s1. The first kappa shape index (κ1) is 9.96. The van der Waals surface area contributed by atoms with Crippen LogP contribution >= 0.6 is 0 Å². The van der Waals surface area contributed by atoms with E-state index in [-0.39, 0.29) is 0 Å². The number of aliphatic hydroxyl groups is 1. The molecule has 1 heteroatoms. The summed E-state index contributed by atoms with van der Waals surface area (Å²) in [7, 11) is 0. The van der Waals surface area contributed by atoms with Gasteiger partial charge in [0.25, 0.3) is 0 Å². The van der Waals surface area contributed by atoms with Crippen LogP contribution in [-0.4, -0.2) is 10.7 Å². The third kappa shape index (κ3) is 4.80. The molecule has 1 N–H and O–H groups in total. The summed E-state index contributed by atoms with van der Waals surface area (Å²) in [5.41, 5.74) is -0.398. The lowest BCUT2D eigenvalue weighted by molar-refractivity contribution is 0.0391. The van der Waals surface area contributed by atoms with Crippen LogP contribution in [0, 0.1) is 0 Å². The molecule has 0 saturated carbocycles. The topological polar surface area (TPSA) is 20.2 Å². The second-order valence-electron chi connectivity index (χ2n) is 3.35. The maximum absolute atomic E-state index is 9.65. The molecule has 0 aromatic heterocycles. The molecule has 0 saturated heterocycles. The molecule has 1 nitrogen and oxygen atoms in total. The Kier molecular flexibility index (Phi) is 4.71. The van der Waals surface area contributed by atoms with Crippen LogP contribution in [0.25, 0.3) is 0 Å². The van der Waals surface area contributed by atoms with E-state index < -0.39 is 5.60 Å². The van der Waals surface area contributed by atoms with Gasteiger partial charge in [0.1, 0.15) is 0 Å². The second kappa shape index (κ2) is 4.73. The van der Waals surface area contributed by atoms with Gasteiger partial charge < -0.3 is 5.11 Å². The summed E-state index contributed by atoms with van der Waals surface area (Å²) in [5, 5.41) is 9.65. The molecule has 0 aliphatic carbocycles. The fraction of sp³-hybridized carbons (Fsp3) is 1.00. The molecule has 0 radical (unpaired) electrons. The number of unbranched alkanes of at least 4 members (excludes halogenated alkanes) is 1. The van der Waals surface area contributed by atoms with E-state index in [1.807, 2.05) is 6.92 Å². The normalized spacial score (nSPS) is 16.8. The summed E-state index contributed by atoms with van der Waals surface area (Å²) in [4.78, 5) is 0. The highest BCUT2D eigenvalue weighted by Gasteiger charge is 2.17. The molecule has 10 heavy (non-hydrogen) atoms. The maximum atomic E-state index is 9.65. The van der Waals surface area contributed by atoms with Crippen LogP contribution in [0.3, 0.4) is 0 Å². The van der Waals surface area contributed by atoms with E-state index in [0.717, 1.165) is 25.7 Å². The summed E-state index contributed by atoms with van der Waals surface area (Å²) in [6, 6.07) is 0. The predicted molar refractivity (Wildman–Crippen MR) is 45.1 cm³/mol. The third-order valence-corrected chi connectivity index (χ3v) is 1.86. The van der Waals surface area contributed by atoms with Gasteiger partial charge >= 0.3 is 0 Å². The van der Waals surface area contributed by atoms with Crippen molar-refractivity contribution in [1.29, 1.82) is 0 Å². The lowest BCUT2D eigenvalue weighted by Gasteiger charge is -2.21. The van der Waals surface area contributed by atoms with Crippen molar-refractivity contribution in [2.45, 2.75) is 58.5 Å². The van der Waals surface area contributed by atoms with Gasteiger partial charge in [0, 0.05) is 0 Å².